The highest BCUT2D eigenvalue weighted by Crippen LogP contribution is 2.27. The van der Waals surface area contributed by atoms with E-state index < -0.39 is 163 Å². The van der Waals surface area contributed by atoms with Gasteiger partial charge in [-0.05, 0) is 74.1 Å². The number of esters is 1. The number of piperidine rings is 1. The number of hydrogen-bond donors (Lipinski definition) is 10. The zero-order valence-electron chi connectivity index (χ0n) is 44.5. The topological polar surface area (TPSA) is 357 Å². The van der Waals surface area contributed by atoms with E-state index in [0.29, 0.717) is 17.5 Å². The summed E-state index contributed by atoms with van der Waals surface area (Å²) in [5, 5.41) is 55.9. The van der Waals surface area contributed by atoms with Gasteiger partial charge in [0.05, 0.1) is 0 Å². The second kappa shape index (κ2) is 29.0. The number of aliphatic carboxylic acids is 2. The first kappa shape index (κ1) is 61.9. The number of hydrogen-bond acceptors (Lipinski definition) is 14. The maximum absolute atomic E-state index is 14.7. The molecule has 2 heterocycles. The van der Waals surface area contributed by atoms with E-state index in [0.717, 1.165) is 9.80 Å². The number of phenolic OH excluding ortho intramolecular Hbond substituents is 1. The van der Waals surface area contributed by atoms with Crippen LogP contribution in [0.3, 0.4) is 0 Å². The second-order valence-electron chi connectivity index (χ2n) is 19.9. The summed E-state index contributed by atoms with van der Waals surface area (Å²) < 4.78 is 5.84. The van der Waals surface area contributed by atoms with Crippen molar-refractivity contribution >= 4 is 65.2 Å². The van der Waals surface area contributed by atoms with E-state index in [-0.39, 0.29) is 44.3 Å². The highest BCUT2D eigenvalue weighted by atomic mass is 16.5. The number of phenols is 1. The molecule has 2 unspecified atom stereocenters. The number of aromatic hydroxyl groups is 1. The summed E-state index contributed by atoms with van der Waals surface area (Å²) in [7, 11) is 1.35. The Bertz CT molecular complexity index is 2440. The van der Waals surface area contributed by atoms with Gasteiger partial charge in [-0.3, -0.25) is 43.2 Å². The van der Waals surface area contributed by atoms with Crippen LogP contribution >= 0.6 is 0 Å². The molecule has 2 fully saturated rings. The third-order valence-electron chi connectivity index (χ3n) is 13.7. The molecule has 0 radical (unpaired) electrons. The van der Waals surface area contributed by atoms with E-state index in [9.17, 15) is 73.2 Å². The number of ether oxygens (including phenoxy) is 1. The number of aliphatic hydroxyl groups is 1. The Hall–Kier alpha value is -7.63. The standard InChI is InChI=1S/C53H74N8O16/c1-8-13-39(63)54-37(26-32-16-18-33(62)19-17-32)47(69)57-36(52(74)75)20-23-40(64)58-44-30(6)77-53(76)43(29(5)9-2)59-48(70)38(27-31-14-11-10-12-15-31)60(7)51(73)45(28(3)4)61-41(65)24-21-35(50(61)72)56-46(68)34(55-49(44)71)22-25-42(66)67/h10-12,14-19,28-30,34-38,41,43-45,62,65H,8-9,13,20-27H2,1-7H3,(H,54,63)(H,55,71)(H,56,68)(H,57,69)(H,58,64)(H,59,70)(H,66,67)(H,74,75)/t29-,30-,34?,35-,36+,37-,38-,41?,43-,44-,45-/m0/s1. The quantitative estimate of drug-likeness (QED) is 0.0803. The SMILES string of the molecule is CCCC(=O)N[C@@H](Cc1ccc(O)cc1)C(=O)N[C@H](CCC(=O)N[C@@H]1C(=O)NC(CCC(=O)O)C(=O)N[C@H]2CCC(O)N(C2=O)[C@@H](C(C)C)C(=O)N(C)[C@@H](Cc2ccccc2)C(=O)N[C@@H]([C@@H](C)CC)C(=O)O[C@H]1C)C(=O)O. The van der Waals surface area contributed by atoms with Crippen molar-refractivity contribution in [3.8, 4) is 5.75 Å². The molecule has 24 nitrogen and oxygen atoms in total. The zero-order valence-corrected chi connectivity index (χ0v) is 44.5. The smallest absolute Gasteiger partial charge is 0.329 e. The molecule has 2 aliphatic heterocycles. The van der Waals surface area contributed by atoms with Crippen molar-refractivity contribution < 1.29 is 77.9 Å². The minimum atomic E-state index is -1.91. The fourth-order valence-electron chi connectivity index (χ4n) is 9.02. The van der Waals surface area contributed by atoms with Crippen molar-refractivity contribution in [2.45, 2.75) is 173 Å². The van der Waals surface area contributed by atoms with Crippen LogP contribution in [0.15, 0.2) is 54.6 Å². The summed E-state index contributed by atoms with van der Waals surface area (Å²) >= 11 is 0. The van der Waals surface area contributed by atoms with Gasteiger partial charge in [-0.25, -0.2) is 9.59 Å². The number of benzene rings is 2. The van der Waals surface area contributed by atoms with Gasteiger partial charge in [-0.15, -0.1) is 0 Å². The lowest BCUT2D eigenvalue weighted by atomic mass is 9.93. The van der Waals surface area contributed by atoms with Crippen molar-refractivity contribution in [1.82, 2.24) is 41.7 Å². The average Bonchev–Trinajstić information content (AvgIpc) is 3.37. The fraction of sp³-hybridized carbons (Fsp3) is 0.566. The molecule has 2 aromatic carbocycles. The number of fused-ring (bicyclic) bond motifs is 2. The monoisotopic (exact) mass is 1080 g/mol. The molecule has 0 aromatic heterocycles. The number of nitrogens with zero attached hydrogens (tertiary/aromatic N) is 2. The summed E-state index contributed by atoms with van der Waals surface area (Å²) in [4.78, 5) is 153. The minimum absolute atomic E-state index is 0.0544. The van der Waals surface area contributed by atoms with E-state index in [2.05, 4.69) is 31.9 Å². The first-order valence-corrected chi connectivity index (χ1v) is 25.9. The van der Waals surface area contributed by atoms with Crippen LogP contribution in [0.2, 0.25) is 0 Å². The molecule has 4 rings (SSSR count). The Morgan fingerprint density at radius 3 is 2.03 bits per heavy atom. The predicted molar refractivity (Wildman–Crippen MR) is 274 cm³/mol. The summed E-state index contributed by atoms with van der Waals surface area (Å²) in [6.07, 6.45) is -5.40. The molecule has 0 saturated carbocycles. The number of aliphatic hydroxyl groups excluding tert-OH is 1. The van der Waals surface area contributed by atoms with Gasteiger partial charge in [0.2, 0.25) is 47.3 Å². The lowest BCUT2D eigenvalue weighted by molar-refractivity contribution is -0.167. The Kier molecular flexibility index (Phi) is 23.4. The molecule has 77 heavy (non-hydrogen) atoms. The van der Waals surface area contributed by atoms with E-state index in [1.807, 2.05) is 0 Å². The van der Waals surface area contributed by atoms with Gasteiger partial charge in [0.25, 0.3) is 0 Å². The Morgan fingerprint density at radius 1 is 0.766 bits per heavy atom. The number of cyclic esters (lactones) is 1. The molecular formula is C53H74N8O16. The first-order chi connectivity index (χ1) is 36.4. The summed E-state index contributed by atoms with van der Waals surface area (Å²) in [6, 6.07) is 2.15. The van der Waals surface area contributed by atoms with Gasteiger partial charge in [0, 0.05) is 39.2 Å². The Morgan fingerprint density at radius 2 is 1.43 bits per heavy atom. The van der Waals surface area contributed by atoms with Crippen LogP contribution in [0.5, 0.6) is 5.75 Å². The molecule has 2 bridgehead atoms. The number of carbonyl (C=O) groups is 11. The molecule has 2 aliphatic rings. The first-order valence-electron chi connectivity index (χ1n) is 25.9. The fourth-order valence-corrected chi connectivity index (χ4v) is 9.02. The molecule has 422 valence electrons. The van der Waals surface area contributed by atoms with Crippen molar-refractivity contribution in [2.24, 2.45) is 11.8 Å². The number of nitrogens with one attached hydrogen (secondary N) is 6. The van der Waals surface area contributed by atoms with Crippen LogP contribution in [0.4, 0.5) is 0 Å². The minimum Gasteiger partial charge on any atom is -0.508 e. The van der Waals surface area contributed by atoms with Crippen LogP contribution in [0.1, 0.15) is 110 Å². The number of carbonyl (C=O) groups excluding carboxylic acids is 9. The molecule has 10 N–H and O–H groups in total. The normalized spacial score (nSPS) is 24.1. The number of carboxylic acid groups (broad SMARTS) is 2. The summed E-state index contributed by atoms with van der Waals surface area (Å²) in [6.45, 7) is 9.57. The van der Waals surface area contributed by atoms with Crippen LogP contribution < -0.4 is 31.9 Å². The molecule has 11 atom stereocenters. The van der Waals surface area contributed by atoms with E-state index in [1.165, 1.54) is 38.2 Å². The number of rotatable bonds is 20. The van der Waals surface area contributed by atoms with Gasteiger partial charge in [0.15, 0.2) is 0 Å². The van der Waals surface area contributed by atoms with Crippen LogP contribution in [-0.4, -0.2) is 163 Å². The molecule has 2 saturated heterocycles. The predicted octanol–water partition coefficient (Wildman–Crippen LogP) is 0.400. The zero-order chi connectivity index (χ0) is 57.3. The molecular weight excluding hydrogens is 1000 g/mol. The van der Waals surface area contributed by atoms with Gasteiger partial charge in [0.1, 0.15) is 66.4 Å². The highest BCUT2D eigenvalue weighted by Gasteiger charge is 2.47. The number of likely N-dealkylation sites (N-methyl/N-ethyl adjacent to an activating group) is 1. The van der Waals surface area contributed by atoms with Crippen molar-refractivity contribution in [2.75, 3.05) is 7.05 Å². The maximum atomic E-state index is 14.7. The summed E-state index contributed by atoms with van der Waals surface area (Å²) in [5.41, 5.74) is 1.13. The third-order valence-corrected chi connectivity index (χ3v) is 13.7. The van der Waals surface area contributed by atoms with Crippen molar-refractivity contribution in [3.63, 3.8) is 0 Å². The molecule has 8 amide bonds. The largest absolute Gasteiger partial charge is 0.508 e. The van der Waals surface area contributed by atoms with Gasteiger partial charge in [-0.1, -0.05) is 83.5 Å². The highest BCUT2D eigenvalue weighted by molar-refractivity contribution is 5.98. The van der Waals surface area contributed by atoms with E-state index in [1.54, 1.807) is 65.0 Å². The van der Waals surface area contributed by atoms with Crippen molar-refractivity contribution in [3.05, 3.63) is 65.7 Å². The Balaban J connectivity index is 1.74. The third kappa shape index (κ3) is 17.7. The van der Waals surface area contributed by atoms with Crippen LogP contribution in [0.25, 0.3) is 0 Å². The van der Waals surface area contributed by atoms with Crippen LogP contribution in [0, 0.1) is 11.8 Å². The second-order valence-corrected chi connectivity index (χ2v) is 19.9. The van der Waals surface area contributed by atoms with Crippen molar-refractivity contribution in [1.29, 1.82) is 0 Å². The molecule has 24 heteroatoms. The summed E-state index contributed by atoms with van der Waals surface area (Å²) in [5.74, 6) is -12.6. The molecule has 0 aliphatic carbocycles. The van der Waals surface area contributed by atoms with Gasteiger partial charge < -0.3 is 66.9 Å². The maximum Gasteiger partial charge on any atom is 0.329 e. The number of amides is 8. The van der Waals surface area contributed by atoms with Gasteiger partial charge in [-0.2, -0.15) is 0 Å². The van der Waals surface area contributed by atoms with E-state index >= 15 is 0 Å². The Labute approximate surface area is 446 Å². The average molecular weight is 1080 g/mol. The lowest BCUT2D eigenvalue weighted by Gasteiger charge is -2.44. The number of carboxylic acids is 2. The van der Waals surface area contributed by atoms with E-state index in [4.69, 9.17) is 4.74 Å². The van der Waals surface area contributed by atoms with Crippen LogP contribution in [-0.2, 0) is 70.3 Å². The molecule has 0 spiro atoms. The lowest BCUT2D eigenvalue weighted by Crippen LogP contribution is -2.66. The van der Waals surface area contributed by atoms with Gasteiger partial charge >= 0.3 is 17.9 Å². The molecule has 2 aromatic rings.